The number of hydrogen-bond donors (Lipinski definition) is 2. The summed E-state index contributed by atoms with van der Waals surface area (Å²) < 4.78 is 16.3. The van der Waals surface area contributed by atoms with Gasteiger partial charge >= 0.3 is 6.03 Å². The molecule has 0 radical (unpaired) electrons. The number of nitrogens with zero attached hydrogens (tertiary/aromatic N) is 1. The highest BCUT2D eigenvalue weighted by atomic mass is 16.5. The number of anilines is 1. The molecule has 32 heavy (non-hydrogen) atoms. The molecular weight excluding hydrogens is 410 g/mol. The standard InChI is InChI=1S/C24H27N3O5/c1-30-19-8-4-3-7-18(19)26-24(29)27-12-10-16(11-13-27)15-25-23(28)21-14-17-6-5-9-20(31-2)22(17)32-21/h3-9,14,16H,10-13,15H2,1-2H3,(H,25,28)(H,26,29). The van der Waals surface area contributed by atoms with Crippen molar-refractivity contribution in [2.24, 2.45) is 5.92 Å². The summed E-state index contributed by atoms with van der Waals surface area (Å²) in [5.74, 6) is 1.54. The van der Waals surface area contributed by atoms with Crippen LogP contribution in [0.3, 0.4) is 0 Å². The van der Waals surface area contributed by atoms with Crippen LogP contribution in [0.2, 0.25) is 0 Å². The first-order chi connectivity index (χ1) is 15.6. The highest BCUT2D eigenvalue weighted by Crippen LogP contribution is 2.28. The van der Waals surface area contributed by atoms with Crippen LogP contribution in [0.25, 0.3) is 11.0 Å². The summed E-state index contributed by atoms with van der Waals surface area (Å²) in [6.45, 7) is 1.79. The van der Waals surface area contributed by atoms with Crippen molar-refractivity contribution in [3.8, 4) is 11.5 Å². The van der Waals surface area contributed by atoms with Crippen LogP contribution in [0, 0.1) is 5.92 Å². The monoisotopic (exact) mass is 437 g/mol. The SMILES string of the molecule is COc1ccccc1NC(=O)N1CCC(CNC(=O)c2cc3cccc(OC)c3o2)CC1. The van der Waals surface area contributed by atoms with Crippen molar-refractivity contribution in [1.82, 2.24) is 10.2 Å². The van der Waals surface area contributed by atoms with Crippen molar-refractivity contribution < 1.29 is 23.5 Å². The Morgan fingerprint density at radius 2 is 1.75 bits per heavy atom. The van der Waals surface area contributed by atoms with Crippen molar-refractivity contribution in [1.29, 1.82) is 0 Å². The van der Waals surface area contributed by atoms with E-state index < -0.39 is 0 Å². The van der Waals surface area contributed by atoms with Crippen LogP contribution in [-0.2, 0) is 0 Å². The number of likely N-dealkylation sites (tertiary alicyclic amines) is 1. The summed E-state index contributed by atoms with van der Waals surface area (Å²) in [5.41, 5.74) is 1.21. The molecule has 1 fully saturated rings. The van der Waals surface area contributed by atoms with E-state index in [1.165, 1.54) is 0 Å². The molecule has 0 atom stereocenters. The molecule has 0 aliphatic carbocycles. The minimum absolute atomic E-state index is 0.145. The number of hydrogen-bond acceptors (Lipinski definition) is 5. The van der Waals surface area contributed by atoms with Gasteiger partial charge in [0.2, 0.25) is 0 Å². The summed E-state index contributed by atoms with van der Waals surface area (Å²) in [7, 11) is 3.15. The molecule has 4 rings (SSSR count). The Kier molecular flexibility index (Phi) is 6.49. The molecule has 1 saturated heterocycles. The van der Waals surface area contributed by atoms with Crippen molar-refractivity contribution >= 4 is 28.6 Å². The molecule has 2 N–H and O–H groups in total. The minimum Gasteiger partial charge on any atom is -0.495 e. The van der Waals surface area contributed by atoms with Gasteiger partial charge in [0.25, 0.3) is 5.91 Å². The predicted octanol–water partition coefficient (Wildman–Crippen LogP) is 4.12. The zero-order valence-corrected chi connectivity index (χ0v) is 18.2. The number of para-hydroxylation sites is 3. The van der Waals surface area contributed by atoms with Gasteiger partial charge in [0.15, 0.2) is 17.1 Å². The zero-order valence-electron chi connectivity index (χ0n) is 18.2. The van der Waals surface area contributed by atoms with Gasteiger partial charge in [-0.1, -0.05) is 24.3 Å². The van der Waals surface area contributed by atoms with Gasteiger partial charge in [0, 0.05) is 25.0 Å². The van der Waals surface area contributed by atoms with E-state index in [9.17, 15) is 9.59 Å². The predicted molar refractivity (Wildman–Crippen MR) is 121 cm³/mol. The van der Waals surface area contributed by atoms with Crippen LogP contribution >= 0.6 is 0 Å². The highest BCUT2D eigenvalue weighted by Gasteiger charge is 2.24. The number of rotatable bonds is 6. The second-order valence-corrected chi connectivity index (χ2v) is 7.76. The Morgan fingerprint density at radius 3 is 2.50 bits per heavy atom. The van der Waals surface area contributed by atoms with Gasteiger partial charge in [-0.2, -0.15) is 0 Å². The number of amides is 3. The summed E-state index contributed by atoms with van der Waals surface area (Å²) in [4.78, 5) is 26.9. The van der Waals surface area contributed by atoms with Crippen LogP contribution in [0.1, 0.15) is 23.4 Å². The number of ether oxygens (including phenoxy) is 2. The van der Waals surface area contributed by atoms with E-state index in [1.54, 1.807) is 31.3 Å². The summed E-state index contributed by atoms with van der Waals surface area (Å²) in [6, 6.07) is 14.4. The molecule has 0 spiro atoms. The fourth-order valence-electron chi connectivity index (χ4n) is 3.92. The zero-order chi connectivity index (χ0) is 22.5. The van der Waals surface area contributed by atoms with Crippen LogP contribution in [0.15, 0.2) is 52.9 Å². The molecule has 1 aliphatic rings. The Hall–Kier alpha value is -3.68. The van der Waals surface area contributed by atoms with Crippen molar-refractivity contribution in [3.63, 3.8) is 0 Å². The molecule has 2 heterocycles. The molecule has 8 nitrogen and oxygen atoms in total. The lowest BCUT2D eigenvalue weighted by Gasteiger charge is -2.32. The number of carbonyl (C=O) groups excluding carboxylic acids is 2. The van der Waals surface area contributed by atoms with E-state index >= 15 is 0 Å². The van der Waals surface area contributed by atoms with Gasteiger partial charge in [-0.05, 0) is 43.0 Å². The smallest absolute Gasteiger partial charge is 0.321 e. The molecule has 2 aromatic carbocycles. The number of fused-ring (bicyclic) bond motifs is 1. The Bertz CT molecular complexity index is 1100. The summed E-state index contributed by atoms with van der Waals surface area (Å²) in [5, 5.41) is 6.69. The average molecular weight is 437 g/mol. The van der Waals surface area contributed by atoms with E-state index in [0.29, 0.717) is 48.3 Å². The molecule has 3 aromatic rings. The first kappa shape index (κ1) is 21.5. The Labute approximate surface area is 186 Å². The van der Waals surface area contributed by atoms with Gasteiger partial charge in [-0.15, -0.1) is 0 Å². The molecule has 1 aliphatic heterocycles. The third-order valence-electron chi connectivity index (χ3n) is 5.75. The molecule has 168 valence electrons. The van der Waals surface area contributed by atoms with E-state index in [4.69, 9.17) is 13.9 Å². The van der Waals surface area contributed by atoms with Crippen molar-refractivity contribution in [3.05, 3.63) is 54.3 Å². The van der Waals surface area contributed by atoms with Crippen molar-refractivity contribution in [2.45, 2.75) is 12.8 Å². The van der Waals surface area contributed by atoms with E-state index in [1.807, 2.05) is 36.4 Å². The van der Waals surface area contributed by atoms with Gasteiger partial charge in [-0.3, -0.25) is 4.79 Å². The van der Waals surface area contributed by atoms with Crippen LogP contribution in [0.5, 0.6) is 11.5 Å². The second kappa shape index (κ2) is 9.64. The van der Waals surface area contributed by atoms with Gasteiger partial charge < -0.3 is 29.4 Å². The molecule has 1 aromatic heterocycles. The summed E-state index contributed by atoms with van der Waals surface area (Å²) in [6.07, 6.45) is 1.63. The number of piperidine rings is 1. The fourth-order valence-corrected chi connectivity index (χ4v) is 3.92. The largest absolute Gasteiger partial charge is 0.495 e. The molecule has 0 saturated carbocycles. The maximum Gasteiger partial charge on any atom is 0.321 e. The normalized spacial score (nSPS) is 14.2. The third-order valence-corrected chi connectivity index (χ3v) is 5.75. The lowest BCUT2D eigenvalue weighted by atomic mass is 9.97. The molecule has 0 unspecified atom stereocenters. The Morgan fingerprint density at radius 1 is 1.03 bits per heavy atom. The quantitative estimate of drug-likeness (QED) is 0.605. The second-order valence-electron chi connectivity index (χ2n) is 7.76. The number of carbonyl (C=O) groups is 2. The van der Waals surface area contributed by atoms with Crippen LogP contribution < -0.4 is 20.1 Å². The topological polar surface area (TPSA) is 93.0 Å². The summed E-state index contributed by atoms with van der Waals surface area (Å²) >= 11 is 0. The third kappa shape index (κ3) is 4.64. The minimum atomic E-state index is -0.250. The first-order valence-corrected chi connectivity index (χ1v) is 10.6. The van der Waals surface area contributed by atoms with E-state index in [-0.39, 0.29) is 17.7 Å². The fraction of sp³-hybridized carbons (Fsp3) is 0.333. The maximum atomic E-state index is 12.6. The van der Waals surface area contributed by atoms with Crippen LogP contribution in [-0.4, -0.2) is 50.7 Å². The lowest BCUT2D eigenvalue weighted by molar-refractivity contribution is 0.0913. The number of nitrogens with one attached hydrogen (secondary N) is 2. The molecule has 3 amide bonds. The van der Waals surface area contributed by atoms with Gasteiger partial charge in [-0.25, -0.2) is 4.79 Å². The molecule has 0 bridgehead atoms. The van der Waals surface area contributed by atoms with Crippen LogP contribution in [0.4, 0.5) is 10.5 Å². The number of furan rings is 1. The first-order valence-electron chi connectivity index (χ1n) is 10.6. The van der Waals surface area contributed by atoms with Crippen molar-refractivity contribution in [2.75, 3.05) is 39.2 Å². The van der Waals surface area contributed by atoms with E-state index in [2.05, 4.69) is 10.6 Å². The van der Waals surface area contributed by atoms with E-state index in [0.717, 1.165) is 18.2 Å². The number of benzene rings is 2. The highest BCUT2D eigenvalue weighted by molar-refractivity contribution is 5.97. The molecule has 8 heteroatoms. The number of urea groups is 1. The maximum absolute atomic E-state index is 12.6. The Balaban J connectivity index is 1.27. The van der Waals surface area contributed by atoms with Gasteiger partial charge in [0.1, 0.15) is 5.75 Å². The number of methoxy groups -OCH3 is 2. The molecular formula is C24H27N3O5. The lowest BCUT2D eigenvalue weighted by Crippen LogP contribution is -2.43. The average Bonchev–Trinajstić information content (AvgIpc) is 3.28. The van der Waals surface area contributed by atoms with Gasteiger partial charge in [0.05, 0.1) is 19.9 Å².